The van der Waals surface area contributed by atoms with Crippen molar-refractivity contribution < 1.29 is 14.7 Å². The molecule has 1 atom stereocenters. The smallest absolute Gasteiger partial charge is 0.309 e. The summed E-state index contributed by atoms with van der Waals surface area (Å²) in [5.41, 5.74) is 0.568. The van der Waals surface area contributed by atoms with Gasteiger partial charge in [0.25, 0.3) is 0 Å². The van der Waals surface area contributed by atoms with E-state index in [1.54, 1.807) is 5.38 Å². The van der Waals surface area contributed by atoms with Crippen molar-refractivity contribution in [1.29, 1.82) is 0 Å². The van der Waals surface area contributed by atoms with Crippen LogP contribution < -0.4 is 5.32 Å². The third-order valence-corrected chi connectivity index (χ3v) is 3.75. The van der Waals surface area contributed by atoms with Gasteiger partial charge >= 0.3 is 5.97 Å². The lowest BCUT2D eigenvalue weighted by atomic mass is 10.1. The molecule has 2 rings (SSSR count). The molecule has 1 aliphatic carbocycles. The Kier molecular flexibility index (Phi) is 2.91. The van der Waals surface area contributed by atoms with Crippen LogP contribution in [0.5, 0.6) is 0 Å². The quantitative estimate of drug-likeness (QED) is 0.858. The number of rotatable bonds is 4. The van der Waals surface area contributed by atoms with Crippen molar-refractivity contribution in [1.82, 2.24) is 4.98 Å². The minimum atomic E-state index is -0.920. The average Bonchev–Trinajstić information content (AvgIpc) is 2.63. The fourth-order valence-electron chi connectivity index (χ4n) is 1.71. The molecule has 2 N–H and O–H groups in total. The van der Waals surface area contributed by atoms with Crippen molar-refractivity contribution in [3.63, 3.8) is 0 Å². The van der Waals surface area contributed by atoms with Gasteiger partial charge in [0.05, 0.1) is 12.1 Å². The third kappa shape index (κ3) is 2.82. The van der Waals surface area contributed by atoms with Crippen LogP contribution in [-0.2, 0) is 16.0 Å². The van der Waals surface area contributed by atoms with Crippen molar-refractivity contribution in [3.05, 3.63) is 11.1 Å². The summed E-state index contributed by atoms with van der Waals surface area (Å²) in [6, 6.07) is 0. The first-order valence-corrected chi connectivity index (χ1v) is 6.23. The zero-order valence-corrected chi connectivity index (χ0v) is 10.5. The van der Waals surface area contributed by atoms with Gasteiger partial charge in [-0.25, -0.2) is 4.98 Å². The Morgan fingerprint density at radius 3 is 2.82 bits per heavy atom. The summed E-state index contributed by atoms with van der Waals surface area (Å²) in [5, 5.41) is 13.5. The van der Waals surface area contributed by atoms with E-state index >= 15 is 0 Å². The molecule has 1 unspecified atom stereocenters. The molecule has 0 radical (unpaired) electrons. The van der Waals surface area contributed by atoms with Crippen molar-refractivity contribution in [3.8, 4) is 0 Å². The molecular formula is C11H14N2O3S. The molecule has 17 heavy (non-hydrogen) atoms. The van der Waals surface area contributed by atoms with Gasteiger partial charge in [0.2, 0.25) is 5.91 Å². The van der Waals surface area contributed by atoms with E-state index < -0.39 is 5.97 Å². The molecule has 1 saturated carbocycles. The summed E-state index contributed by atoms with van der Waals surface area (Å²) in [6.45, 7) is 4.10. The number of hydrogen-bond donors (Lipinski definition) is 2. The van der Waals surface area contributed by atoms with Gasteiger partial charge < -0.3 is 10.4 Å². The van der Waals surface area contributed by atoms with Crippen molar-refractivity contribution in [2.45, 2.75) is 26.7 Å². The Bertz CT molecular complexity index is 467. The predicted octanol–water partition coefficient (Wildman–Crippen LogP) is 1.75. The Morgan fingerprint density at radius 2 is 2.29 bits per heavy atom. The Hall–Kier alpha value is -1.43. The molecule has 1 aliphatic rings. The summed E-state index contributed by atoms with van der Waals surface area (Å²) < 4.78 is 0. The summed E-state index contributed by atoms with van der Waals surface area (Å²) >= 11 is 1.26. The molecule has 0 saturated heterocycles. The highest BCUT2D eigenvalue weighted by molar-refractivity contribution is 7.13. The molecule has 5 nitrogen and oxygen atoms in total. The fraction of sp³-hybridized carbons (Fsp3) is 0.545. The molecule has 0 spiro atoms. The molecule has 0 aromatic carbocycles. The van der Waals surface area contributed by atoms with E-state index in [-0.39, 0.29) is 23.7 Å². The molecule has 1 fully saturated rings. The number of carboxylic acid groups (broad SMARTS) is 1. The fourth-order valence-corrected chi connectivity index (χ4v) is 2.42. The van der Waals surface area contributed by atoms with E-state index in [1.807, 2.05) is 0 Å². The van der Waals surface area contributed by atoms with Crippen LogP contribution in [0.4, 0.5) is 5.13 Å². The van der Waals surface area contributed by atoms with Crippen LogP contribution in [0.3, 0.4) is 0 Å². The number of carboxylic acids is 1. The van der Waals surface area contributed by atoms with E-state index in [1.165, 1.54) is 11.3 Å². The maximum atomic E-state index is 11.8. The lowest BCUT2D eigenvalue weighted by Crippen LogP contribution is -2.16. The highest BCUT2D eigenvalue weighted by Crippen LogP contribution is 2.52. The van der Waals surface area contributed by atoms with Gasteiger partial charge in [-0.05, 0) is 11.8 Å². The minimum Gasteiger partial charge on any atom is -0.481 e. The Morgan fingerprint density at radius 1 is 1.65 bits per heavy atom. The maximum Gasteiger partial charge on any atom is 0.309 e. The summed E-state index contributed by atoms with van der Waals surface area (Å²) in [6.07, 6.45) is 0.785. The molecule has 1 amide bonds. The van der Waals surface area contributed by atoms with E-state index in [0.717, 1.165) is 6.42 Å². The SMILES string of the molecule is CC1(C)CC1C(=O)Nc1nc(CC(=O)O)cs1. The third-order valence-electron chi connectivity index (χ3n) is 2.94. The Labute approximate surface area is 103 Å². The van der Waals surface area contributed by atoms with Crippen LogP contribution in [0, 0.1) is 11.3 Å². The van der Waals surface area contributed by atoms with Crippen molar-refractivity contribution >= 4 is 28.3 Å². The van der Waals surface area contributed by atoms with E-state index in [2.05, 4.69) is 24.1 Å². The molecule has 0 aliphatic heterocycles. The van der Waals surface area contributed by atoms with Crippen LogP contribution in [0.1, 0.15) is 26.0 Å². The van der Waals surface area contributed by atoms with E-state index in [4.69, 9.17) is 5.11 Å². The van der Waals surface area contributed by atoms with Crippen LogP contribution in [-0.4, -0.2) is 22.0 Å². The second-order valence-corrected chi connectivity index (χ2v) is 5.81. The van der Waals surface area contributed by atoms with Crippen LogP contribution in [0.2, 0.25) is 0 Å². The number of hydrogen-bond acceptors (Lipinski definition) is 4. The molecular weight excluding hydrogens is 240 g/mol. The predicted molar refractivity (Wildman–Crippen MR) is 64.0 cm³/mol. The highest BCUT2D eigenvalue weighted by Gasteiger charge is 2.50. The number of aromatic nitrogens is 1. The topological polar surface area (TPSA) is 79.3 Å². The molecule has 92 valence electrons. The van der Waals surface area contributed by atoms with E-state index in [9.17, 15) is 9.59 Å². The zero-order valence-electron chi connectivity index (χ0n) is 9.69. The van der Waals surface area contributed by atoms with Crippen LogP contribution in [0.15, 0.2) is 5.38 Å². The molecule has 1 heterocycles. The van der Waals surface area contributed by atoms with Gasteiger partial charge in [0, 0.05) is 11.3 Å². The van der Waals surface area contributed by atoms with E-state index in [0.29, 0.717) is 10.8 Å². The molecule has 1 aromatic heterocycles. The standard InChI is InChI=1S/C11H14N2O3S/c1-11(2)4-7(11)9(16)13-10-12-6(5-17-10)3-8(14)15/h5,7H,3-4H2,1-2H3,(H,14,15)(H,12,13,16). The van der Waals surface area contributed by atoms with Gasteiger partial charge in [0.15, 0.2) is 5.13 Å². The number of nitrogens with zero attached hydrogens (tertiary/aromatic N) is 1. The second kappa shape index (κ2) is 4.10. The van der Waals surface area contributed by atoms with Crippen molar-refractivity contribution in [2.24, 2.45) is 11.3 Å². The minimum absolute atomic E-state index is 0.0220. The lowest BCUT2D eigenvalue weighted by molar-refractivity contribution is -0.136. The monoisotopic (exact) mass is 254 g/mol. The van der Waals surface area contributed by atoms with Gasteiger partial charge in [-0.15, -0.1) is 11.3 Å². The molecule has 6 heteroatoms. The number of carbonyl (C=O) groups is 2. The first-order valence-electron chi connectivity index (χ1n) is 5.35. The normalized spacial score (nSPS) is 20.9. The number of amides is 1. The Balaban J connectivity index is 1.93. The first-order chi connectivity index (χ1) is 7.88. The van der Waals surface area contributed by atoms with Gasteiger partial charge in [-0.2, -0.15) is 0 Å². The van der Waals surface area contributed by atoms with Crippen LogP contribution >= 0.6 is 11.3 Å². The molecule has 0 bridgehead atoms. The number of carbonyl (C=O) groups excluding carboxylic acids is 1. The summed E-state index contributed by atoms with van der Waals surface area (Å²) in [4.78, 5) is 26.3. The largest absolute Gasteiger partial charge is 0.481 e. The summed E-state index contributed by atoms with van der Waals surface area (Å²) in [7, 11) is 0. The van der Waals surface area contributed by atoms with Crippen molar-refractivity contribution in [2.75, 3.05) is 5.32 Å². The first kappa shape index (κ1) is 12.0. The summed E-state index contributed by atoms with van der Waals surface area (Å²) in [5.74, 6) is -0.892. The highest BCUT2D eigenvalue weighted by atomic mass is 32.1. The van der Waals surface area contributed by atoms with Gasteiger partial charge in [0.1, 0.15) is 0 Å². The number of aliphatic carboxylic acids is 1. The second-order valence-electron chi connectivity index (χ2n) is 4.95. The number of nitrogens with one attached hydrogen (secondary N) is 1. The lowest BCUT2D eigenvalue weighted by Gasteiger charge is -2.02. The molecule has 1 aromatic rings. The zero-order chi connectivity index (χ0) is 12.6. The maximum absolute atomic E-state index is 11.8. The number of thiazole rings is 1. The average molecular weight is 254 g/mol. The van der Waals surface area contributed by atoms with Crippen LogP contribution in [0.25, 0.3) is 0 Å². The van der Waals surface area contributed by atoms with Gasteiger partial charge in [-0.1, -0.05) is 13.8 Å². The van der Waals surface area contributed by atoms with Gasteiger partial charge in [-0.3, -0.25) is 9.59 Å². The number of anilines is 1.